The summed E-state index contributed by atoms with van der Waals surface area (Å²) in [5, 5.41) is 3.41. The van der Waals surface area contributed by atoms with E-state index in [1.807, 2.05) is 6.92 Å². The normalized spacial score (nSPS) is 26.0. The van der Waals surface area contributed by atoms with Crippen molar-refractivity contribution < 1.29 is 8.42 Å². The molecule has 0 aromatic rings. The van der Waals surface area contributed by atoms with Crippen molar-refractivity contribution in [1.29, 1.82) is 0 Å². The zero-order valence-electron chi connectivity index (χ0n) is 10.8. The highest BCUT2D eigenvalue weighted by Crippen LogP contribution is 2.18. The average Bonchev–Trinajstić information content (AvgIpc) is 2.29. The Bertz CT molecular complexity index is 298. The van der Waals surface area contributed by atoms with Crippen LogP contribution in [0.25, 0.3) is 0 Å². The Morgan fingerprint density at radius 1 is 1.06 bits per heavy atom. The van der Waals surface area contributed by atoms with Crippen LogP contribution in [0.15, 0.2) is 0 Å². The van der Waals surface area contributed by atoms with Crippen LogP contribution in [0.1, 0.15) is 46.0 Å². The lowest BCUT2D eigenvalue weighted by Gasteiger charge is -2.29. The highest BCUT2D eigenvalue weighted by molar-refractivity contribution is 7.87. The molecule has 17 heavy (non-hydrogen) atoms. The molecule has 0 radical (unpaired) electrons. The van der Waals surface area contributed by atoms with Gasteiger partial charge in [0.15, 0.2) is 0 Å². The van der Waals surface area contributed by atoms with Crippen LogP contribution in [0, 0.1) is 0 Å². The molecule has 0 bridgehead atoms. The summed E-state index contributed by atoms with van der Waals surface area (Å²) in [6.07, 6.45) is 4.76. The van der Waals surface area contributed by atoms with Gasteiger partial charge < -0.3 is 5.32 Å². The lowest BCUT2D eigenvalue weighted by atomic mass is 9.92. The van der Waals surface area contributed by atoms with Gasteiger partial charge in [0.05, 0.1) is 0 Å². The zero-order chi connectivity index (χ0) is 12.7. The summed E-state index contributed by atoms with van der Waals surface area (Å²) >= 11 is 0. The molecule has 1 rings (SSSR count). The fourth-order valence-corrected chi connectivity index (χ4v) is 3.43. The molecule has 0 unspecified atom stereocenters. The number of hydrogen-bond donors (Lipinski definition) is 3. The second-order valence-electron chi connectivity index (χ2n) is 4.62. The molecule has 3 N–H and O–H groups in total. The van der Waals surface area contributed by atoms with Gasteiger partial charge in [0.2, 0.25) is 0 Å². The van der Waals surface area contributed by atoms with Crippen LogP contribution in [0.4, 0.5) is 0 Å². The fraction of sp³-hybridized carbons (Fsp3) is 1.00. The van der Waals surface area contributed by atoms with E-state index in [1.165, 1.54) is 0 Å². The first kappa shape index (κ1) is 14.9. The van der Waals surface area contributed by atoms with E-state index in [0.717, 1.165) is 38.6 Å². The molecule has 0 aromatic heterocycles. The van der Waals surface area contributed by atoms with Crippen molar-refractivity contribution in [2.24, 2.45) is 0 Å². The third-order valence-corrected chi connectivity index (χ3v) is 4.31. The quantitative estimate of drug-likeness (QED) is 0.634. The molecule has 0 spiro atoms. The minimum atomic E-state index is -3.29. The van der Waals surface area contributed by atoms with E-state index in [4.69, 9.17) is 0 Å². The van der Waals surface area contributed by atoms with Gasteiger partial charge in [0, 0.05) is 18.6 Å². The van der Waals surface area contributed by atoms with Gasteiger partial charge in [-0.1, -0.05) is 13.8 Å². The van der Waals surface area contributed by atoms with Gasteiger partial charge in [0.25, 0.3) is 10.2 Å². The molecule has 1 fully saturated rings. The minimum Gasteiger partial charge on any atom is -0.314 e. The second-order valence-corrected chi connectivity index (χ2v) is 6.15. The maximum absolute atomic E-state index is 11.6. The van der Waals surface area contributed by atoms with Crippen molar-refractivity contribution in [2.75, 3.05) is 13.1 Å². The first-order valence-electron chi connectivity index (χ1n) is 6.57. The summed E-state index contributed by atoms with van der Waals surface area (Å²) in [6, 6.07) is 0.656. The molecule has 1 aliphatic carbocycles. The van der Waals surface area contributed by atoms with Gasteiger partial charge in [-0.15, -0.1) is 0 Å². The molecular weight excluding hydrogens is 238 g/mol. The maximum Gasteiger partial charge on any atom is 0.277 e. The largest absolute Gasteiger partial charge is 0.314 e. The van der Waals surface area contributed by atoms with E-state index in [2.05, 4.69) is 21.7 Å². The van der Waals surface area contributed by atoms with Gasteiger partial charge in [0.1, 0.15) is 0 Å². The van der Waals surface area contributed by atoms with Crippen LogP contribution in [-0.2, 0) is 10.2 Å². The molecule has 1 aliphatic rings. The Labute approximate surface area is 105 Å². The first-order valence-corrected chi connectivity index (χ1v) is 8.06. The van der Waals surface area contributed by atoms with Crippen LogP contribution in [0.3, 0.4) is 0 Å². The predicted molar refractivity (Wildman–Crippen MR) is 70.1 cm³/mol. The van der Waals surface area contributed by atoms with E-state index in [-0.39, 0.29) is 6.04 Å². The molecule has 0 heterocycles. The molecule has 5 nitrogen and oxygen atoms in total. The summed E-state index contributed by atoms with van der Waals surface area (Å²) in [4.78, 5) is 0. The van der Waals surface area contributed by atoms with Crippen molar-refractivity contribution in [2.45, 2.75) is 58.0 Å². The van der Waals surface area contributed by atoms with Crippen LogP contribution < -0.4 is 14.8 Å². The van der Waals surface area contributed by atoms with Crippen molar-refractivity contribution in [1.82, 2.24) is 14.8 Å². The molecule has 1 saturated carbocycles. The predicted octanol–water partition coefficient (Wildman–Crippen LogP) is 0.741. The summed E-state index contributed by atoms with van der Waals surface area (Å²) in [7, 11) is -3.29. The molecule has 0 aromatic carbocycles. The monoisotopic (exact) mass is 263 g/mol. The highest BCUT2D eigenvalue weighted by Gasteiger charge is 2.23. The fourth-order valence-electron chi connectivity index (χ4n) is 2.20. The van der Waals surface area contributed by atoms with Gasteiger partial charge >= 0.3 is 0 Å². The van der Waals surface area contributed by atoms with Gasteiger partial charge in [-0.05, 0) is 38.6 Å². The van der Waals surface area contributed by atoms with Crippen LogP contribution in [-0.4, -0.2) is 33.6 Å². The Hall–Kier alpha value is -0.170. The molecular formula is C11H25N3O2S. The topological polar surface area (TPSA) is 70.2 Å². The number of hydrogen-bond acceptors (Lipinski definition) is 3. The number of rotatable bonds is 7. The smallest absolute Gasteiger partial charge is 0.277 e. The van der Waals surface area contributed by atoms with Crippen molar-refractivity contribution in [3.05, 3.63) is 0 Å². The summed E-state index contributed by atoms with van der Waals surface area (Å²) < 4.78 is 28.5. The maximum atomic E-state index is 11.6. The third-order valence-electron chi connectivity index (χ3n) is 3.08. The average molecular weight is 263 g/mol. The van der Waals surface area contributed by atoms with Gasteiger partial charge in [-0.25, -0.2) is 4.72 Å². The molecule has 0 atom stereocenters. The number of nitrogens with one attached hydrogen (secondary N) is 3. The highest BCUT2D eigenvalue weighted by atomic mass is 32.2. The molecule has 0 saturated heterocycles. The second kappa shape index (κ2) is 7.31. The Morgan fingerprint density at radius 3 is 2.18 bits per heavy atom. The van der Waals surface area contributed by atoms with E-state index in [0.29, 0.717) is 12.6 Å². The van der Waals surface area contributed by atoms with Gasteiger partial charge in [-0.3, -0.25) is 0 Å². The van der Waals surface area contributed by atoms with Gasteiger partial charge in [-0.2, -0.15) is 13.1 Å². The summed E-state index contributed by atoms with van der Waals surface area (Å²) in [6.45, 7) is 5.54. The Morgan fingerprint density at radius 2 is 1.65 bits per heavy atom. The lowest BCUT2D eigenvalue weighted by Crippen LogP contribution is -2.46. The van der Waals surface area contributed by atoms with Crippen molar-refractivity contribution in [3.8, 4) is 0 Å². The van der Waals surface area contributed by atoms with Crippen molar-refractivity contribution in [3.63, 3.8) is 0 Å². The van der Waals surface area contributed by atoms with Crippen LogP contribution in [0.5, 0.6) is 0 Å². The lowest BCUT2D eigenvalue weighted by molar-refractivity contribution is 0.333. The standard InChI is InChI=1S/C11H25N3O2S/c1-3-9-13-17(15,16)14-11-7-5-10(6-8-11)12-4-2/h10-14H,3-9H2,1-2H3. The molecule has 6 heteroatoms. The Kier molecular flexibility index (Phi) is 6.40. The van der Waals surface area contributed by atoms with Crippen molar-refractivity contribution >= 4 is 10.2 Å². The Balaban J connectivity index is 2.30. The van der Waals surface area contributed by atoms with E-state index in [9.17, 15) is 8.42 Å². The summed E-state index contributed by atoms with van der Waals surface area (Å²) in [5.74, 6) is 0. The van der Waals surface area contributed by atoms with Crippen LogP contribution in [0.2, 0.25) is 0 Å². The molecule has 0 aliphatic heterocycles. The molecule has 0 amide bonds. The van der Waals surface area contributed by atoms with E-state index in [1.54, 1.807) is 0 Å². The van der Waals surface area contributed by atoms with Crippen LogP contribution >= 0.6 is 0 Å². The zero-order valence-corrected chi connectivity index (χ0v) is 11.6. The SMILES string of the molecule is CCCNS(=O)(=O)NC1CCC(NCC)CC1. The third kappa shape index (κ3) is 5.81. The summed E-state index contributed by atoms with van der Waals surface area (Å²) in [5.41, 5.74) is 0. The first-order chi connectivity index (χ1) is 8.07. The van der Waals surface area contributed by atoms with E-state index < -0.39 is 10.2 Å². The molecule has 102 valence electrons. The minimum absolute atomic E-state index is 0.0965. The van der Waals surface area contributed by atoms with E-state index >= 15 is 0 Å².